The Bertz CT molecular complexity index is 747. The van der Waals surface area contributed by atoms with Gasteiger partial charge in [-0.25, -0.2) is 4.79 Å². The molecule has 0 bridgehead atoms. The number of urea groups is 1. The molecule has 3 saturated heterocycles. The highest BCUT2D eigenvalue weighted by Gasteiger charge is 2.30. The van der Waals surface area contributed by atoms with Gasteiger partial charge in [0.05, 0.1) is 13.2 Å². The first-order chi connectivity index (χ1) is 15.6. The number of amides is 3. The van der Waals surface area contributed by atoms with E-state index in [1.807, 2.05) is 9.80 Å². The molecule has 3 aliphatic heterocycles. The van der Waals surface area contributed by atoms with Crippen LogP contribution in [-0.2, 0) is 22.6 Å². The van der Waals surface area contributed by atoms with Crippen molar-refractivity contribution >= 4 is 11.9 Å². The van der Waals surface area contributed by atoms with Gasteiger partial charge < -0.3 is 19.9 Å². The van der Waals surface area contributed by atoms with Gasteiger partial charge in [-0.05, 0) is 55.8 Å². The van der Waals surface area contributed by atoms with Gasteiger partial charge in [0.2, 0.25) is 5.91 Å². The SMILES string of the molecule is CC1CCN(Cc2ccc(CNC(=O)N3CCC(C(=O)N4CCOCC4)CC3)cc2)CC1. The number of carbonyl (C=O) groups is 2. The van der Waals surface area contributed by atoms with Crippen LogP contribution in [0.15, 0.2) is 24.3 Å². The molecule has 32 heavy (non-hydrogen) atoms. The standard InChI is InChI=1S/C25H38N4O3/c1-20-6-10-27(11-7-20)19-22-4-2-21(3-5-22)18-26-25(31)29-12-8-23(9-13-29)24(30)28-14-16-32-17-15-28/h2-5,20,23H,6-19H2,1H3,(H,26,31). The van der Waals surface area contributed by atoms with E-state index in [0.29, 0.717) is 45.9 Å². The van der Waals surface area contributed by atoms with Crippen LogP contribution in [0, 0.1) is 11.8 Å². The van der Waals surface area contributed by atoms with Crippen LogP contribution in [-0.4, -0.2) is 79.1 Å². The zero-order chi connectivity index (χ0) is 22.3. The summed E-state index contributed by atoms with van der Waals surface area (Å²) in [7, 11) is 0. The van der Waals surface area contributed by atoms with Gasteiger partial charge in [-0.2, -0.15) is 0 Å². The fourth-order valence-electron chi connectivity index (χ4n) is 4.90. The van der Waals surface area contributed by atoms with Crippen molar-refractivity contribution < 1.29 is 14.3 Å². The minimum absolute atomic E-state index is 0.0335. The lowest BCUT2D eigenvalue weighted by Gasteiger charge is -2.35. The molecular formula is C25H38N4O3. The largest absolute Gasteiger partial charge is 0.378 e. The van der Waals surface area contributed by atoms with Gasteiger partial charge in [-0.3, -0.25) is 9.69 Å². The number of benzene rings is 1. The first kappa shape index (κ1) is 23.1. The molecule has 0 spiro atoms. The van der Waals surface area contributed by atoms with Crippen LogP contribution in [0.4, 0.5) is 4.79 Å². The van der Waals surface area contributed by atoms with Gasteiger partial charge >= 0.3 is 6.03 Å². The minimum Gasteiger partial charge on any atom is -0.378 e. The van der Waals surface area contributed by atoms with Crippen LogP contribution in [0.1, 0.15) is 43.7 Å². The lowest BCUT2D eigenvalue weighted by molar-refractivity contribution is -0.141. The number of ether oxygens (including phenoxy) is 1. The molecule has 1 N–H and O–H groups in total. The predicted octanol–water partition coefficient (Wildman–Crippen LogP) is 2.70. The highest BCUT2D eigenvalue weighted by Crippen LogP contribution is 2.21. The Kier molecular flexibility index (Phi) is 8.03. The number of nitrogens with one attached hydrogen (secondary N) is 1. The van der Waals surface area contributed by atoms with E-state index in [2.05, 4.69) is 41.4 Å². The summed E-state index contributed by atoms with van der Waals surface area (Å²) in [5.41, 5.74) is 2.45. The average Bonchev–Trinajstić information content (AvgIpc) is 2.85. The Morgan fingerprint density at radius 3 is 2.16 bits per heavy atom. The van der Waals surface area contributed by atoms with E-state index in [1.165, 1.54) is 31.5 Å². The van der Waals surface area contributed by atoms with Crippen molar-refractivity contribution in [3.63, 3.8) is 0 Å². The Morgan fingerprint density at radius 2 is 1.50 bits per heavy atom. The fraction of sp³-hybridized carbons (Fsp3) is 0.680. The third kappa shape index (κ3) is 6.23. The third-order valence-electron chi connectivity index (χ3n) is 7.20. The summed E-state index contributed by atoms with van der Waals surface area (Å²) in [5, 5.41) is 3.05. The molecule has 0 aromatic heterocycles. The molecule has 0 aliphatic carbocycles. The monoisotopic (exact) mass is 442 g/mol. The molecule has 4 rings (SSSR count). The summed E-state index contributed by atoms with van der Waals surface area (Å²) in [6, 6.07) is 8.57. The summed E-state index contributed by atoms with van der Waals surface area (Å²) >= 11 is 0. The van der Waals surface area contributed by atoms with Crippen LogP contribution in [0.3, 0.4) is 0 Å². The predicted molar refractivity (Wildman–Crippen MR) is 124 cm³/mol. The molecule has 3 aliphatic rings. The first-order valence-corrected chi connectivity index (χ1v) is 12.3. The maximum absolute atomic E-state index is 12.7. The average molecular weight is 443 g/mol. The summed E-state index contributed by atoms with van der Waals surface area (Å²) in [4.78, 5) is 31.5. The second kappa shape index (κ2) is 11.1. The molecule has 0 saturated carbocycles. The van der Waals surface area contributed by atoms with Gasteiger partial charge in [0, 0.05) is 45.2 Å². The van der Waals surface area contributed by atoms with E-state index in [-0.39, 0.29) is 17.9 Å². The van der Waals surface area contributed by atoms with Gasteiger partial charge in [-0.15, -0.1) is 0 Å². The highest BCUT2D eigenvalue weighted by atomic mass is 16.5. The molecular weight excluding hydrogens is 404 g/mol. The van der Waals surface area contributed by atoms with Crippen molar-refractivity contribution in [3.8, 4) is 0 Å². The summed E-state index contributed by atoms with van der Waals surface area (Å²) < 4.78 is 5.34. The van der Waals surface area contributed by atoms with Crippen LogP contribution in [0.2, 0.25) is 0 Å². The van der Waals surface area contributed by atoms with E-state index in [0.717, 1.165) is 30.9 Å². The van der Waals surface area contributed by atoms with E-state index in [1.54, 1.807) is 0 Å². The minimum atomic E-state index is -0.0335. The van der Waals surface area contributed by atoms with Crippen molar-refractivity contribution in [3.05, 3.63) is 35.4 Å². The molecule has 3 amide bonds. The molecule has 3 heterocycles. The Morgan fingerprint density at radius 1 is 0.875 bits per heavy atom. The summed E-state index contributed by atoms with van der Waals surface area (Å²) in [6.07, 6.45) is 4.08. The van der Waals surface area contributed by atoms with Crippen molar-refractivity contribution in [1.82, 2.24) is 20.0 Å². The number of nitrogens with zero attached hydrogens (tertiary/aromatic N) is 3. The fourth-order valence-corrected chi connectivity index (χ4v) is 4.90. The Hall–Kier alpha value is -2.12. The molecule has 7 nitrogen and oxygen atoms in total. The molecule has 0 radical (unpaired) electrons. The number of morpholine rings is 1. The maximum Gasteiger partial charge on any atom is 0.317 e. The Labute approximate surface area is 192 Å². The molecule has 1 aromatic rings. The van der Waals surface area contributed by atoms with E-state index < -0.39 is 0 Å². The van der Waals surface area contributed by atoms with Crippen LogP contribution in [0.25, 0.3) is 0 Å². The van der Waals surface area contributed by atoms with Gasteiger partial charge in [0.1, 0.15) is 0 Å². The molecule has 176 valence electrons. The number of hydrogen-bond acceptors (Lipinski definition) is 4. The van der Waals surface area contributed by atoms with Gasteiger partial charge in [0.25, 0.3) is 0 Å². The van der Waals surface area contributed by atoms with Gasteiger partial charge in [0.15, 0.2) is 0 Å². The maximum atomic E-state index is 12.7. The first-order valence-electron chi connectivity index (χ1n) is 12.3. The third-order valence-corrected chi connectivity index (χ3v) is 7.20. The molecule has 0 atom stereocenters. The normalized spacial score (nSPS) is 21.5. The van der Waals surface area contributed by atoms with Crippen molar-refractivity contribution in [2.24, 2.45) is 11.8 Å². The smallest absolute Gasteiger partial charge is 0.317 e. The van der Waals surface area contributed by atoms with Crippen LogP contribution < -0.4 is 5.32 Å². The number of rotatable bonds is 5. The highest BCUT2D eigenvalue weighted by molar-refractivity contribution is 5.80. The van der Waals surface area contributed by atoms with E-state index in [4.69, 9.17) is 4.74 Å². The van der Waals surface area contributed by atoms with Crippen LogP contribution >= 0.6 is 0 Å². The summed E-state index contributed by atoms with van der Waals surface area (Å²) in [6.45, 7) is 10.2. The number of likely N-dealkylation sites (tertiary alicyclic amines) is 2. The van der Waals surface area contributed by atoms with Crippen LogP contribution in [0.5, 0.6) is 0 Å². The van der Waals surface area contributed by atoms with Crippen molar-refractivity contribution in [2.45, 2.75) is 45.7 Å². The molecule has 7 heteroatoms. The van der Waals surface area contributed by atoms with Crippen molar-refractivity contribution in [2.75, 3.05) is 52.5 Å². The Balaban J connectivity index is 1.17. The second-order valence-corrected chi connectivity index (χ2v) is 9.63. The zero-order valence-electron chi connectivity index (χ0n) is 19.4. The lowest BCUT2D eigenvalue weighted by atomic mass is 9.95. The number of hydrogen-bond donors (Lipinski definition) is 1. The van der Waals surface area contributed by atoms with E-state index >= 15 is 0 Å². The topological polar surface area (TPSA) is 65.1 Å². The number of carbonyl (C=O) groups excluding carboxylic acids is 2. The second-order valence-electron chi connectivity index (χ2n) is 9.63. The molecule has 0 unspecified atom stereocenters. The van der Waals surface area contributed by atoms with Gasteiger partial charge in [-0.1, -0.05) is 31.2 Å². The summed E-state index contributed by atoms with van der Waals surface area (Å²) in [5.74, 6) is 1.12. The zero-order valence-corrected chi connectivity index (χ0v) is 19.4. The van der Waals surface area contributed by atoms with Crippen molar-refractivity contribution in [1.29, 1.82) is 0 Å². The van der Waals surface area contributed by atoms with E-state index in [9.17, 15) is 9.59 Å². The lowest BCUT2D eigenvalue weighted by Crippen LogP contribution is -2.49. The molecule has 1 aromatic carbocycles. The molecule has 3 fully saturated rings. The number of piperidine rings is 2. The quantitative estimate of drug-likeness (QED) is 0.762.